The second kappa shape index (κ2) is 10.0. The van der Waals surface area contributed by atoms with Crippen molar-refractivity contribution in [1.82, 2.24) is 10.4 Å². The Morgan fingerprint density at radius 2 is 1.41 bits per heavy atom. The number of carbonyl (C=O) groups is 2. The highest BCUT2D eigenvalue weighted by Gasteiger charge is 2.57. The molecule has 1 atom stereocenters. The van der Waals surface area contributed by atoms with Crippen LogP contribution in [0.1, 0.15) is 54.7 Å². The predicted octanol–water partition coefficient (Wildman–Crippen LogP) is 5.97. The van der Waals surface area contributed by atoms with Gasteiger partial charge in [0.25, 0.3) is 5.91 Å². The maximum atomic E-state index is 13.9. The first kappa shape index (κ1) is 26.5. The number of anilines is 2. The fourth-order valence-electron chi connectivity index (χ4n) is 6.51. The molecule has 41 heavy (non-hydrogen) atoms. The zero-order valence-corrected chi connectivity index (χ0v) is 23.9. The number of benzene rings is 4. The third-order valence-electron chi connectivity index (χ3n) is 8.45. The fourth-order valence-corrected chi connectivity index (χ4v) is 6.51. The molecule has 0 aromatic heterocycles. The summed E-state index contributed by atoms with van der Waals surface area (Å²) < 4.78 is 6.69. The van der Waals surface area contributed by atoms with Crippen molar-refractivity contribution >= 4 is 34.1 Å². The number of hydrogen-bond acceptors (Lipinski definition) is 5. The summed E-state index contributed by atoms with van der Waals surface area (Å²) in [6, 6.07) is 23.3. The number of nitrogens with two attached hydrogens (primary N) is 1. The number of fused-ring (bicyclic) bond motifs is 7. The van der Waals surface area contributed by atoms with Crippen molar-refractivity contribution in [2.75, 3.05) is 36.0 Å². The van der Waals surface area contributed by atoms with Crippen molar-refractivity contribution in [2.24, 2.45) is 5.73 Å². The number of ether oxygens (including phenoxy) is 1. The lowest BCUT2D eigenvalue weighted by Gasteiger charge is -2.43. The first-order chi connectivity index (χ1) is 19.9. The molecule has 3 N–H and O–H groups in total. The molecule has 4 aromatic rings. The molecular formula is C33H35N5O3. The molecule has 2 aliphatic rings. The first-order valence-electron chi connectivity index (χ1n) is 14.3. The Morgan fingerprint density at radius 1 is 0.780 bits per heavy atom. The van der Waals surface area contributed by atoms with E-state index >= 15 is 0 Å². The molecule has 1 spiro atoms. The Balaban J connectivity index is 1.68. The molecule has 1 unspecified atom stereocenters. The van der Waals surface area contributed by atoms with Crippen LogP contribution in [-0.4, -0.2) is 43.1 Å². The van der Waals surface area contributed by atoms with Crippen molar-refractivity contribution < 1.29 is 14.3 Å². The second-order valence-corrected chi connectivity index (χ2v) is 10.4. The summed E-state index contributed by atoms with van der Waals surface area (Å²) in [6.45, 7) is 12.0. The molecule has 8 nitrogen and oxygen atoms in total. The van der Waals surface area contributed by atoms with E-state index in [2.05, 4.69) is 67.2 Å². The van der Waals surface area contributed by atoms with Crippen molar-refractivity contribution in [2.45, 2.75) is 33.2 Å². The maximum absolute atomic E-state index is 13.9. The summed E-state index contributed by atoms with van der Waals surface area (Å²) in [4.78, 5) is 30.9. The molecule has 0 aliphatic carbocycles. The summed E-state index contributed by atoms with van der Waals surface area (Å²) in [5, 5.41) is 3.41. The molecule has 210 valence electrons. The van der Waals surface area contributed by atoms with E-state index in [1.165, 1.54) is 5.01 Å². The van der Waals surface area contributed by atoms with Crippen molar-refractivity contribution in [3.8, 4) is 11.5 Å². The minimum Gasteiger partial charge on any atom is -0.456 e. The van der Waals surface area contributed by atoms with E-state index < -0.39 is 11.6 Å². The largest absolute Gasteiger partial charge is 0.456 e. The third-order valence-corrected chi connectivity index (χ3v) is 8.45. The minimum atomic E-state index is -1.18. The van der Waals surface area contributed by atoms with Crippen LogP contribution >= 0.6 is 0 Å². The molecule has 2 heterocycles. The molecule has 6 rings (SSSR count). The standard InChI is InChI=1S/C33H35N5O3/c1-5-36(6-2)23-14-13-21-18-28-29(19-22(21)17-23)41-30-20-24(37(7-3)8-4)15-16-27(30)33(28)26-12-10-9-11-25(26)31(39)38(33)35-32(34)40/h9-20H,5-8H2,1-4H3,(H3,34,35,40). The Bertz CT molecular complexity index is 1680. The van der Waals surface area contributed by atoms with Crippen LogP contribution in [-0.2, 0) is 5.54 Å². The highest BCUT2D eigenvalue weighted by atomic mass is 16.5. The molecule has 4 aromatic carbocycles. The van der Waals surface area contributed by atoms with Gasteiger partial charge in [-0.3, -0.25) is 4.79 Å². The zero-order chi connectivity index (χ0) is 28.9. The molecule has 2 aliphatic heterocycles. The van der Waals surface area contributed by atoms with Gasteiger partial charge in [0, 0.05) is 65.9 Å². The van der Waals surface area contributed by atoms with Gasteiger partial charge in [0.05, 0.1) is 0 Å². The van der Waals surface area contributed by atoms with Crippen LogP contribution in [0.2, 0.25) is 0 Å². The lowest BCUT2D eigenvalue weighted by atomic mass is 9.74. The number of nitrogens with one attached hydrogen (secondary N) is 1. The van der Waals surface area contributed by atoms with Crippen molar-refractivity contribution in [3.63, 3.8) is 0 Å². The number of primary amides is 1. The first-order valence-corrected chi connectivity index (χ1v) is 14.3. The minimum absolute atomic E-state index is 0.331. The molecule has 0 saturated carbocycles. The number of rotatable bonds is 7. The van der Waals surface area contributed by atoms with Gasteiger partial charge in [-0.1, -0.05) is 30.3 Å². The maximum Gasteiger partial charge on any atom is 0.331 e. The monoisotopic (exact) mass is 549 g/mol. The second-order valence-electron chi connectivity index (χ2n) is 10.4. The number of carbonyl (C=O) groups excluding carboxylic acids is 2. The number of hydrogen-bond donors (Lipinski definition) is 2. The molecule has 8 heteroatoms. The van der Waals surface area contributed by atoms with Crippen LogP contribution in [0.4, 0.5) is 16.2 Å². The average Bonchev–Trinajstić information content (AvgIpc) is 3.21. The van der Waals surface area contributed by atoms with E-state index in [1.807, 2.05) is 42.5 Å². The van der Waals surface area contributed by atoms with Gasteiger partial charge in [-0.05, 0) is 74.9 Å². The van der Waals surface area contributed by atoms with Crippen LogP contribution in [0.25, 0.3) is 10.8 Å². The summed E-state index contributed by atoms with van der Waals surface area (Å²) in [5.74, 6) is 0.920. The highest BCUT2D eigenvalue weighted by Crippen LogP contribution is 2.58. The van der Waals surface area contributed by atoms with Gasteiger partial charge in [-0.15, -0.1) is 0 Å². The van der Waals surface area contributed by atoms with Crippen molar-refractivity contribution in [3.05, 3.63) is 95.1 Å². The molecule has 3 amide bonds. The van der Waals surface area contributed by atoms with Gasteiger partial charge in [0.2, 0.25) is 0 Å². The normalized spacial score (nSPS) is 16.7. The molecule has 0 saturated heterocycles. The molecule has 0 bridgehead atoms. The van der Waals surface area contributed by atoms with Gasteiger partial charge in [-0.25, -0.2) is 15.2 Å². The van der Waals surface area contributed by atoms with Gasteiger partial charge >= 0.3 is 6.03 Å². The number of urea groups is 1. The highest BCUT2D eigenvalue weighted by molar-refractivity contribution is 6.03. The summed E-state index contributed by atoms with van der Waals surface area (Å²) in [5.41, 5.74) is 12.1. The number of hydrazine groups is 1. The number of amides is 3. The quantitative estimate of drug-likeness (QED) is 0.296. The van der Waals surface area contributed by atoms with Crippen LogP contribution in [0.3, 0.4) is 0 Å². The average molecular weight is 550 g/mol. The van der Waals surface area contributed by atoms with Crippen LogP contribution in [0.5, 0.6) is 11.5 Å². The summed E-state index contributed by atoms with van der Waals surface area (Å²) in [6.07, 6.45) is 0. The van der Waals surface area contributed by atoms with E-state index in [4.69, 9.17) is 10.5 Å². The number of nitrogens with zero attached hydrogens (tertiary/aromatic N) is 3. The van der Waals surface area contributed by atoms with Crippen molar-refractivity contribution in [1.29, 1.82) is 0 Å². The predicted molar refractivity (Wildman–Crippen MR) is 163 cm³/mol. The van der Waals surface area contributed by atoms with E-state index in [0.717, 1.165) is 65.0 Å². The Hall–Kier alpha value is -4.72. The smallest absolute Gasteiger partial charge is 0.331 e. The zero-order valence-electron chi connectivity index (χ0n) is 23.9. The SMILES string of the molecule is CCN(CC)c1ccc2c(c1)Oc1cc3cc(N(CC)CC)ccc3cc1C21c2ccccc2C(=O)N1NC(N)=O. The summed E-state index contributed by atoms with van der Waals surface area (Å²) in [7, 11) is 0. The van der Waals surface area contributed by atoms with Gasteiger partial charge in [-0.2, -0.15) is 0 Å². The van der Waals surface area contributed by atoms with E-state index in [0.29, 0.717) is 17.1 Å². The van der Waals surface area contributed by atoms with E-state index in [1.54, 1.807) is 6.07 Å². The molecule has 0 radical (unpaired) electrons. The lowest BCUT2D eigenvalue weighted by molar-refractivity contribution is 0.0556. The lowest BCUT2D eigenvalue weighted by Crippen LogP contribution is -2.57. The van der Waals surface area contributed by atoms with Gasteiger partial charge in [0.15, 0.2) is 0 Å². The fraction of sp³-hybridized carbons (Fsp3) is 0.273. The Labute approximate surface area is 240 Å². The third kappa shape index (κ3) is 3.89. The Morgan fingerprint density at radius 3 is 2.10 bits per heavy atom. The topological polar surface area (TPSA) is 91.1 Å². The van der Waals surface area contributed by atoms with Crippen LogP contribution < -0.4 is 25.7 Å². The van der Waals surface area contributed by atoms with E-state index in [-0.39, 0.29) is 5.91 Å². The van der Waals surface area contributed by atoms with Gasteiger partial charge in [0.1, 0.15) is 17.0 Å². The summed E-state index contributed by atoms with van der Waals surface area (Å²) >= 11 is 0. The molecular weight excluding hydrogens is 514 g/mol. The van der Waals surface area contributed by atoms with E-state index in [9.17, 15) is 9.59 Å². The molecule has 0 fully saturated rings. The van der Waals surface area contributed by atoms with Crippen LogP contribution in [0.15, 0.2) is 72.8 Å². The van der Waals surface area contributed by atoms with Gasteiger partial charge < -0.3 is 20.3 Å². The Kier molecular flexibility index (Phi) is 6.49. The van der Waals surface area contributed by atoms with Crippen LogP contribution in [0, 0.1) is 0 Å².